The van der Waals surface area contributed by atoms with E-state index in [1.165, 1.54) is 0 Å². The molecule has 2 aromatic rings. The van der Waals surface area contributed by atoms with Crippen molar-refractivity contribution < 1.29 is 14.4 Å². The lowest BCUT2D eigenvalue weighted by atomic mass is 10.1. The molecule has 1 heterocycles. The minimum atomic E-state index is -0.844. The van der Waals surface area contributed by atoms with Crippen LogP contribution in [-0.4, -0.2) is 27.9 Å². The maximum Gasteiger partial charge on any atom is 0.262 e. The number of halogens is 1. The molecule has 2 amide bonds. The highest BCUT2D eigenvalue weighted by atomic mass is 35.5. The molecular weight excluding hydrogens is 334 g/mol. The zero-order valence-corrected chi connectivity index (χ0v) is 13.7. The topological polar surface area (TPSA) is 54.5 Å². The molecule has 0 saturated heterocycles. The van der Waals surface area contributed by atoms with E-state index >= 15 is 0 Å². The van der Waals surface area contributed by atoms with Crippen molar-refractivity contribution in [2.75, 3.05) is 0 Å². The van der Waals surface area contributed by atoms with Gasteiger partial charge in [0.25, 0.3) is 11.8 Å². The summed E-state index contributed by atoms with van der Waals surface area (Å²) in [4.78, 5) is 38.9. The van der Waals surface area contributed by atoms with Gasteiger partial charge in [0.1, 0.15) is 6.04 Å². The molecule has 1 atom stereocenters. The van der Waals surface area contributed by atoms with Gasteiger partial charge in [-0.15, -0.1) is 0 Å². The Kier molecular flexibility index (Phi) is 4.24. The number of fused-ring (bicyclic) bond motifs is 1. The lowest BCUT2D eigenvalue weighted by molar-refractivity contribution is -0.114. The Bertz CT molecular complexity index is 769. The van der Waals surface area contributed by atoms with Crippen molar-refractivity contribution in [1.29, 1.82) is 0 Å². The molecule has 0 aromatic heterocycles. The molecular formula is C17H12ClNO3S. The third kappa shape index (κ3) is 2.90. The first-order chi connectivity index (χ1) is 11.0. The van der Waals surface area contributed by atoms with E-state index in [4.69, 9.17) is 11.6 Å². The van der Waals surface area contributed by atoms with Crippen LogP contribution >= 0.6 is 23.4 Å². The molecule has 23 heavy (non-hydrogen) atoms. The summed E-state index contributed by atoms with van der Waals surface area (Å²) in [5, 5.41) is 0.303. The highest BCUT2D eigenvalue weighted by Crippen LogP contribution is 2.28. The normalized spacial score (nSPS) is 14.8. The van der Waals surface area contributed by atoms with E-state index < -0.39 is 17.9 Å². The Balaban J connectivity index is 1.79. The first kappa shape index (κ1) is 15.8. The second-order valence-corrected chi connectivity index (χ2v) is 6.59. The molecule has 0 N–H and O–H groups in total. The summed E-state index contributed by atoms with van der Waals surface area (Å²) >= 11 is 6.80. The van der Waals surface area contributed by atoms with Crippen LogP contribution in [0, 0.1) is 0 Å². The SMILES string of the molecule is CC(C(=O)Sc1ccc(Cl)cc1)N1C(=O)c2ccccc2C1=O. The van der Waals surface area contributed by atoms with Gasteiger partial charge in [-0.2, -0.15) is 0 Å². The van der Waals surface area contributed by atoms with Gasteiger partial charge in [0.05, 0.1) is 11.1 Å². The van der Waals surface area contributed by atoms with Gasteiger partial charge in [-0.25, -0.2) is 0 Å². The van der Waals surface area contributed by atoms with E-state index in [9.17, 15) is 14.4 Å². The highest BCUT2D eigenvalue weighted by Gasteiger charge is 2.40. The first-order valence-electron chi connectivity index (χ1n) is 6.93. The lowest BCUT2D eigenvalue weighted by Gasteiger charge is -2.20. The van der Waals surface area contributed by atoms with Crippen molar-refractivity contribution in [2.45, 2.75) is 17.9 Å². The van der Waals surface area contributed by atoms with Gasteiger partial charge in [-0.1, -0.05) is 23.7 Å². The van der Waals surface area contributed by atoms with Crippen LogP contribution < -0.4 is 0 Å². The second kappa shape index (κ2) is 6.18. The summed E-state index contributed by atoms with van der Waals surface area (Å²) in [6, 6.07) is 12.6. The summed E-state index contributed by atoms with van der Waals surface area (Å²) in [5.41, 5.74) is 0.683. The zero-order valence-electron chi connectivity index (χ0n) is 12.2. The van der Waals surface area contributed by atoms with E-state index in [1.807, 2.05) is 0 Å². The van der Waals surface area contributed by atoms with E-state index in [-0.39, 0.29) is 5.12 Å². The van der Waals surface area contributed by atoms with E-state index in [0.717, 1.165) is 16.7 Å². The molecule has 2 aromatic carbocycles. The fraction of sp³-hybridized carbons (Fsp3) is 0.118. The van der Waals surface area contributed by atoms with Gasteiger partial charge >= 0.3 is 0 Å². The number of hydrogen-bond donors (Lipinski definition) is 0. The van der Waals surface area contributed by atoms with Gasteiger partial charge in [-0.3, -0.25) is 19.3 Å². The number of nitrogens with zero attached hydrogens (tertiary/aromatic N) is 1. The van der Waals surface area contributed by atoms with Crippen LogP contribution in [0.25, 0.3) is 0 Å². The third-order valence-electron chi connectivity index (χ3n) is 3.59. The van der Waals surface area contributed by atoms with Gasteiger partial charge in [0.15, 0.2) is 0 Å². The van der Waals surface area contributed by atoms with Crippen LogP contribution in [0.4, 0.5) is 0 Å². The number of imide groups is 1. The fourth-order valence-electron chi connectivity index (χ4n) is 2.37. The van der Waals surface area contributed by atoms with Crippen LogP contribution in [0.5, 0.6) is 0 Å². The van der Waals surface area contributed by atoms with Crippen molar-refractivity contribution >= 4 is 40.3 Å². The standard InChI is InChI=1S/C17H12ClNO3S/c1-10(17(22)23-12-8-6-11(18)7-9-12)19-15(20)13-4-2-3-5-14(13)16(19)21/h2-10H,1H3. The number of hydrogen-bond acceptors (Lipinski definition) is 4. The Labute approximate surface area is 142 Å². The third-order valence-corrected chi connectivity index (χ3v) is 4.89. The molecule has 4 nitrogen and oxygen atoms in total. The van der Waals surface area contributed by atoms with Crippen LogP contribution in [0.3, 0.4) is 0 Å². The monoisotopic (exact) mass is 345 g/mol. The van der Waals surface area contributed by atoms with Crippen LogP contribution in [-0.2, 0) is 4.79 Å². The minimum absolute atomic E-state index is 0.276. The highest BCUT2D eigenvalue weighted by molar-refractivity contribution is 8.13. The van der Waals surface area contributed by atoms with E-state index in [1.54, 1.807) is 55.5 Å². The largest absolute Gasteiger partial charge is 0.284 e. The Hall–Kier alpha value is -2.11. The number of thioether (sulfide) groups is 1. The average Bonchev–Trinajstić information content (AvgIpc) is 2.81. The number of carbonyl (C=O) groups excluding carboxylic acids is 3. The molecule has 0 aliphatic carbocycles. The van der Waals surface area contributed by atoms with Gasteiger partial charge in [-0.05, 0) is 55.1 Å². The first-order valence-corrected chi connectivity index (χ1v) is 8.12. The lowest BCUT2D eigenvalue weighted by Crippen LogP contribution is -2.41. The van der Waals surface area contributed by atoms with Crippen molar-refractivity contribution in [2.24, 2.45) is 0 Å². The Morgan fingerprint density at radius 2 is 1.52 bits per heavy atom. The van der Waals surface area contributed by atoms with Crippen molar-refractivity contribution in [3.8, 4) is 0 Å². The Morgan fingerprint density at radius 3 is 2.04 bits per heavy atom. The average molecular weight is 346 g/mol. The van der Waals surface area contributed by atoms with E-state index in [2.05, 4.69) is 0 Å². The smallest absolute Gasteiger partial charge is 0.262 e. The minimum Gasteiger partial charge on any atom is -0.284 e. The molecule has 116 valence electrons. The maximum absolute atomic E-state index is 12.4. The number of rotatable bonds is 3. The molecule has 3 rings (SSSR count). The van der Waals surface area contributed by atoms with Gasteiger partial charge < -0.3 is 0 Å². The number of amides is 2. The van der Waals surface area contributed by atoms with Gasteiger partial charge in [0.2, 0.25) is 5.12 Å². The Morgan fingerprint density at radius 1 is 1.00 bits per heavy atom. The summed E-state index contributed by atoms with van der Waals surface area (Å²) in [5.74, 6) is -0.855. The zero-order chi connectivity index (χ0) is 16.6. The summed E-state index contributed by atoms with van der Waals surface area (Å²) in [6.07, 6.45) is 0. The summed E-state index contributed by atoms with van der Waals surface area (Å²) in [6.45, 7) is 1.56. The molecule has 1 unspecified atom stereocenters. The molecule has 0 saturated carbocycles. The molecule has 0 bridgehead atoms. The summed E-state index contributed by atoms with van der Waals surface area (Å²) in [7, 11) is 0. The van der Waals surface area contributed by atoms with Crippen LogP contribution in [0.1, 0.15) is 27.6 Å². The fourth-order valence-corrected chi connectivity index (χ4v) is 3.28. The predicted octanol–water partition coefficient (Wildman–Crippen LogP) is 3.64. The molecule has 0 radical (unpaired) electrons. The van der Waals surface area contributed by atoms with Crippen LogP contribution in [0.15, 0.2) is 53.4 Å². The molecule has 0 fully saturated rings. The number of benzene rings is 2. The molecule has 1 aliphatic rings. The molecule has 1 aliphatic heterocycles. The predicted molar refractivity (Wildman–Crippen MR) is 88.7 cm³/mol. The van der Waals surface area contributed by atoms with Crippen LogP contribution in [0.2, 0.25) is 5.02 Å². The molecule has 6 heteroatoms. The van der Waals surface area contributed by atoms with Gasteiger partial charge in [0, 0.05) is 9.92 Å². The van der Waals surface area contributed by atoms with Crippen molar-refractivity contribution in [1.82, 2.24) is 4.90 Å². The van der Waals surface area contributed by atoms with E-state index in [0.29, 0.717) is 21.0 Å². The van der Waals surface area contributed by atoms with Crippen molar-refractivity contribution in [3.63, 3.8) is 0 Å². The quantitative estimate of drug-likeness (QED) is 0.629. The summed E-state index contributed by atoms with van der Waals surface area (Å²) < 4.78 is 0. The molecule has 0 spiro atoms. The second-order valence-electron chi connectivity index (χ2n) is 5.08. The maximum atomic E-state index is 12.4. The number of carbonyl (C=O) groups is 3. The van der Waals surface area contributed by atoms with Crippen molar-refractivity contribution in [3.05, 3.63) is 64.7 Å².